The minimum Gasteiger partial charge on any atom is -0.497 e. The number of anilines is 3. The quantitative estimate of drug-likeness (QED) is 0.0585. The highest BCUT2D eigenvalue weighted by atomic mass is 16.5. The lowest BCUT2D eigenvalue weighted by atomic mass is 10.1. The van der Waals surface area contributed by atoms with Crippen molar-refractivity contribution in [2.45, 2.75) is 6.92 Å². The average Bonchev–Trinajstić information content (AvgIpc) is 3.67. The Morgan fingerprint density at radius 2 is 1.16 bits per heavy atom. The van der Waals surface area contributed by atoms with E-state index in [2.05, 4.69) is 81.1 Å². The minimum atomic E-state index is -0.0858. The highest BCUT2D eigenvalue weighted by molar-refractivity contribution is 5.79. The maximum atomic E-state index is 10.6. The molecule has 0 bridgehead atoms. The van der Waals surface area contributed by atoms with E-state index in [1.807, 2.05) is 85.4 Å². The number of allylic oxidation sites excluding steroid dienone is 1. The minimum absolute atomic E-state index is 0.0858. The lowest BCUT2D eigenvalue weighted by Crippen LogP contribution is -2.09. The van der Waals surface area contributed by atoms with Crippen molar-refractivity contribution in [1.29, 1.82) is 5.26 Å². The fourth-order valence-electron chi connectivity index (χ4n) is 5.24. The molecule has 0 aliphatic rings. The molecule has 0 saturated heterocycles. The van der Waals surface area contributed by atoms with Crippen LogP contribution in [0.3, 0.4) is 0 Å². The first-order valence-corrected chi connectivity index (χ1v) is 15.4. The van der Waals surface area contributed by atoms with E-state index in [0.717, 1.165) is 56.7 Å². The molecule has 3 aromatic carbocycles. The summed E-state index contributed by atoms with van der Waals surface area (Å²) >= 11 is 0. The number of nitrogens with zero attached hydrogens (tertiary/aromatic N) is 5. The molecule has 2 heterocycles. The van der Waals surface area contributed by atoms with E-state index in [9.17, 15) is 4.79 Å². The van der Waals surface area contributed by atoms with Crippen molar-refractivity contribution < 1.29 is 14.3 Å². The van der Waals surface area contributed by atoms with Gasteiger partial charge in [-0.15, -0.1) is 0 Å². The van der Waals surface area contributed by atoms with Crippen molar-refractivity contribution in [2.24, 2.45) is 14.1 Å². The van der Waals surface area contributed by atoms with Gasteiger partial charge in [-0.3, -0.25) is 4.79 Å². The Labute approximate surface area is 286 Å². The van der Waals surface area contributed by atoms with Gasteiger partial charge in [0.1, 0.15) is 5.75 Å². The van der Waals surface area contributed by atoms with Gasteiger partial charge in [0.25, 0.3) is 6.47 Å². The third-order valence-corrected chi connectivity index (χ3v) is 8.02. The summed E-state index contributed by atoms with van der Waals surface area (Å²) in [6.45, 7) is 9.22. The number of hydrogen-bond acceptors (Lipinski definition) is 5. The number of nitriles is 1. The second kappa shape index (κ2) is 15.7. The van der Waals surface area contributed by atoms with Gasteiger partial charge in [0, 0.05) is 65.6 Å². The van der Waals surface area contributed by atoms with Crippen molar-refractivity contribution in [2.75, 3.05) is 12.0 Å². The first kappa shape index (κ1) is 33.6. The molecule has 0 fully saturated rings. The van der Waals surface area contributed by atoms with Gasteiger partial charge in [-0.05, 0) is 109 Å². The fourth-order valence-corrected chi connectivity index (χ4v) is 5.24. The molecule has 2 aromatic heterocycles. The molecule has 0 radical (unpaired) electrons. The van der Waals surface area contributed by atoms with Crippen LogP contribution >= 0.6 is 0 Å². The number of benzene rings is 3. The summed E-state index contributed by atoms with van der Waals surface area (Å²) in [6, 6.07) is 34.7. The van der Waals surface area contributed by atoms with Crippen LogP contribution < -0.4 is 9.64 Å². The molecule has 5 rings (SSSR count). The number of carbonyl (C=O) groups is 1. The van der Waals surface area contributed by atoms with Crippen LogP contribution in [0.15, 0.2) is 109 Å². The van der Waals surface area contributed by atoms with Gasteiger partial charge in [-0.25, -0.2) is 0 Å². The standard InChI is InChI=1S/C41H35N5O3/c1-30(28-42)26-38-20-18-33(44(38)3)12-6-31-8-14-35(15-9-31)46(37-22-24-40(48-5)25-23-37)36-16-10-32(11-17-36)7-13-34-19-21-39(45(34)4)27-41(43-2)49-29-47/h6-27,29H,1,3-5H3/b12-6+,13-7+,30-26-,41-27+. The van der Waals surface area contributed by atoms with Gasteiger partial charge in [-0.2, -0.15) is 10.1 Å². The van der Waals surface area contributed by atoms with Crippen LogP contribution in [0.5, 0.6) is 5.75 Å². The van der Waals surface area contributed by atoms with Gasteiger partial charge in [0.2, 0.25) is 0 Å². The van der Waals surface area contributed by atoms with E-state index >= 15 is 0 Å². The van der Waals surface area contributed by atoms with Crippen LogP contribution in [-0.4, -0.2) is 22.7 Å². The highest BCUT2D eigenvalue weighted by Crippen LogP contribution is 2.36. The number of aromatic nitrogens is 2. The molecule has 49 heavy (non-hydrogen) atoms. The van der Waals surface area contributed by atoms with Gasteiger partial charge in [-0.1, -0.05) is 36.4 Å². The van der Waals surface area contributed by atoms with E-state index < -0.39 is 0 Å². The summed E-state index contributed by atoms with van der Waals surface area (Å²) in [4.78, 5) is 16.1. The van der Waals surface area contributed by atoms with E-state index in [-0.39, 0.29) is 12.4 Å². The summed E-state index contributed by atoms with van der Waals surface area (Å²) in [5, 5.41) is 9.13. The molecule has 8 nitrogen and oxygen atoms in total. The third-order valence-electron chi connectivity index (χ3n) is 8.02. The Kier molecular flexibility index (Phi) is 10.8. The van der Waals surface area contributed by atoms with Crippen molar-refractivity contribution >= 4 is 60.0 Å². The summed E-state index contributed by atoms with van der Waals surface area (Å²) in [5.74, 6) is 0.699. The SMILES string of the molecule is [C-]#[N+]/C(=C\c1ccc(/C=C/c2ccc(N(c3ccc(/C=C/c4ccc(/C=C(/C)C#N)n4C)cc3)c3ccc(OC)cc3)cc2)n1C)OC=O. The average molecular weight is 646 g/mol. The van der Waals surface area contributed by atoms with Crippen molar-refractivity contribution in [3.05, 3.63) is 154 Å². The third kappa shape index (κ3) is 8.15. The zero-order valence-corrected chi connectivity index (χ0v) is 27.7. The number of rotatable bonds is 12. The molecular weight excluding hydrogens is 610 g/mol. The van der Waals surface area contributed by atoms with Crippen molar-refractivity contribution in [3.8, 4) is 11.8 Å². The molecule has 0 N–H and O–H groups in total. The van der Waals surface area contributed by atoms with Crippen LogP contribution in [-0.2, 0) is 23.6 Å². The Bertz CT molecular complexity index is 2130. The molecule has 0 aliphatic heterocycles. The summed E-state index contributed by atoms with van der Waals surface area (Å²) in [6.07, 6.45) is 11.6. The molecule has 0 unspecified atom stereocenters. The molecular formula is C41H35N5O3. The number of methoxy groups -OCH3 is 1. The van der Waals surface area contributed by atoms with Crippen molar-refractivity contribution in [1.82, 2.24) is 9.13 Å². The maximum Gasteiger partial charge on any atom is 0.349 e. The van der Waals surface area contributed by atoms with Gasteiger partial charge in [0.05, 0.1) is 19.8 Å². The Morgan fingerprint density at radius 3 is 1.59 bits per heavy atom. The van der Waals surface area contributed by atoms with E-state index in [1.54, 1.807) is 14.0 Å². The van der Waals surface area contributed by atoms with Crippen LogP contribution in [0, 0.1) is 17.9 Å². The van der Waals surface area contributed by atoms with Gasteiger partial charge in [0.15, 0.2) is 0 Å². The van der Waals surface area contributed by atoms with Gasteiger partial charge < -0.3 is 23.5 Å². The maximum absolute atomic E-state index is 10.6. The van der Waals surface area contributed by atoms with E-state index in [0.29, 0.717) is 5.57 Å². The largest absolute Gasteiger partial charge is 0.497 e. The number of carbonyl (C=O) groups excluding carboxylic acids is 1. The first-order valence-electron chi connectivity index (χ1n) is 15.4. The second-order valence-corrected chi connectivity index (χ2v) is 11.1. The predicted octanol–water partition coefficient (Wildman–Crippen LogP) is 9.50. The highest BCUT2D eigenvalue weighted by Gasteiger charge is 2.13. The zero-order valence-electron chi connectivity index (χ0n) is 27.7. The molecule has 242 valence electrons. The number of hydrogen-bond donors (Lipinski definition) is 0. The molecule has 0 aliphatic carbocycles. The van der Waals surface area contributed by atoms with Crippen LogP contribution in [0.1, 0.15) is 40.8 Å². The van der Waals surface area contributed by atoms with Crippen LogP contribution in [0.2, 0.25) is 0 Å². The summed E-state index contributed by atoms with van der Waals surface area (Å²) in [7, 11) is 5.54. The monoisotopic (exact) mass is 645 g/mol. The Morgan fingerprint density at radius 1 is 0.714 bits per heavy atom. The molecule has 0 saturated carbocycles. The molecule has 0 amide bonds. The second-order valence-electron chi connectivity index (χ2n) is 11.1. The molecule has 0 spiro atoms. The Balaban J connectivity index is 1.38. The lowest BCUT2D eigenvalue weighted by Gasteiger charge is -2.26. The van der Waals surface area contributed by atoms with E-state index in [4.69, 9.17) is 21.3 Å². The Hall–Kier alpha value is -6.77. The van der Waals surface area contributed by atoms with Crippen LogP contribution in [0.4, 0.5) is 17.1 Å². The molecule has 0 atom stereocenters. The van der Waals surface area contributed by atoms with E-state index in [1.165, 1.54) is 6.08 Å². The van der Waals surface area contributed by atoms with Gasteiger partial charge >= 0.3 is 5.88 Å². The van der Waals surface area contributed by atoms with Crippen molar-refractivity contribution in [3.63, 3.8) is 0 Å². The smallest absolute Gasteiger partial charge is 0.349 e. The lowest BCUT2D eigenvalue weighted by molar-refractivity contribution is -0.124. The first-order chi connectivity index (χ1) is 23.8. The normalized spacial score (nSPS) is 11.8. The zero-order chi connectivity index (χ0) is 34.8. The molecule has 5 aromatic rings. The predicted molar refractivity (Wildman–Crippen MR) is 197 cm³/mol. The topological polar surface area (TPSA) is 76.8 Å². The fraction of sp³-hybridized carbons (Fsp3) is 0.0976. The summed E-state index contributed by atoms with van der Waals surface area (Å²) < 4.78 is 14.1. The molecule has 8 heteroatoms. The van der Waals surface area contributed by atoms with Crippen LogP contribution in [0.25, 0.3) is 41.3 Å². The number of ether oxygens (including phenoxy) is 2. The summed E-state index contributed by atoms with van der Waals surface area (Å²) in [5.41, 5.74) is 9.43.